The highest BCUT2D eigenvalue weighted by Gasteiger charge is 2.05. The van der Waals surface area contributed by atoms with Crippen molar-refractivity contribution in [3.8, 4) is 0 Å². The molecule has 0 amide bonds. The SMILES string of the molecule is [2H]C([2H])([2H])c1ccc2c(n1)oc1ccccc12. The van der Waals surface area contributed by atoms with E-state index in [9.17, 15) is 0 Å². The van der Waals surface area contributed by atoms with E-state index < -0.39 is 6.85 Å². The molecule has 0 bridgehead atoms. The zero-order valence-electron chi connectivity index (χ0n) is 10.3. The van der Waals surface area contributed by atoms with Crippen molar-refractivity contribution in [3.05, 3.63) is 42.1 Å². The van der Waals surface area contributed by atoms with Gasteiger partial charge in [-0.2, -0.15) is 0 Å². The molecule has 14 heavy (non-hydrogen) atoms. The predicted octanol–water partition coefficient (Wildman–Crippen LogP) is 3.29. The summed E-state index contributed by atoms with van der Waals surface area (Å²) in [6.45, 7) is -2.20. The summed E-state index contributed by atoms with van der Waals surface area (Å²) in [6.07, 6.45) is 0. The fourth-order valence-electron chi connectivity index (χ4n) is 1.61. The molecule has 2 nitrogen and oxygen atoms in total. The van der Waals surface area contributed by atoms with Crippen molar-refractivity contribution in [2.45, 2.75) is 6.85 Å². The summed E-state index contributed by atoms with van der Waals surface area (Å²) in [5.74, 6) is 0. The zero-order valence-corrected chi connectivity index (χ0v) is 7.32. The van der Waals surface area contributed by atoms with Gasteiger partial charge in [0.2, 0.25) is 5.71 Å². The van der Waals surface area contributed by atoms with E-state index in [-0.39, 0.29) is 5.69 Å². The Morgan fingerprint density at radius 2 is 2.07 bits per heavy atom. The van der Waals surface area contributed by atoms with E-state index >= 15 is 0 Å². The van der Waals surface area contributed by atoms with Gasteiger partial charge in [-0.25, -0.2) is 4.98 Å². The summed E-state index contributed by atoms with van der Waals surface area (Å²) in [6, 6.07) is 10.8. The Bertz CT molecular complexity index is 700. The van der Waals surface area contributed by atoms with Crippen molar-refractivity contribution in [3.63, 3.8) is 0 Å². The molecule has 2 heterocycles. The molecule has 0 aliphatic rings. The first-order chi connectivity index (χ1) is 8.05. The molecule has 0 radical (unpaired) electrons. The quantitative estimate of drug-likeness (QED) is 0.538. The Morgan fingerprint density at radius 1 is 1.14 bits per heavy atom. The van der Waals surface area contributed by atoms with Crippen molar-refractivity contribution in [1.29, 1.82) is 0 Å². The molecule has 0 aliphatic carbocycles. The van der Waals surface area contributed by atoms with Gasteiger partial charge >= 0.3 is 0 Å². The van der Waals surface area contributed by atoms with Crippen LogP contribution in [0.15, 0.2) is 40.8 Å². The number of pyridine rings is 1. The number of rotatable bonds is 0. The highest BCUT2D eigenvalue weighted by atomic mass is 16.3. The maximum atomic E-state index is 7.31. The van der Waals surface area contributed by atoms with Crippen LogP contribution in [-0.4, -0.2) is 4.98 Å². The van der Waals surface area contributed by atoms with Gasteiger partial charge in [-0.05, 0) is 25.1 Å². The van der Waals surface area contributed by atoms with E-state index in [1.54, 1.807) is 6.07 Å². The zero-order chi connectivity index (χ0) is 12.0. The fourth-order valence-corrected chi connectivity index (χ4v) is 1.61. The molecule has 2 heteroatoms. The Kier molecular flexibility index (Phi) is 0.948. The molecule has 2 aromatic heterocycles. The summed E-state index contributed by atoms with van der Waals surface area (Å²) >= 11 is 0. The van der Waals surface area contributed by atoms with E-state index in [1.807, 2.05) is 24.3 Å². The second-order valence-electron chi connectivity index (χ2n) is 3.15. The number of aryl methyl sites for hydroxylation is 1. The molecule has 0 aliphatic heterocycles. The van der Waals surface area contributed by atoms with Crippen LogP contribution in [0.25, 0.3) is 22.1 Å². The van der Waals surface area contributed by atoms with Crippen LogP contribution < -0.4 is 0 Å². The van der Waals surface area contributed by atoms with Crippen LogP contribution in [-0.2, 0) is 0 Å². The van der Waals surface area contributed by atoms with E-state index in [4.69, 9.17) is 8.53 Å². The summed E-state index contributed by atoms with van der Waals surface area (Å²) in [4.78, 5) is 4.05. The van der Waals surface area contributed by atoms with Crippen LogP contribution in [0.3, 0.4) is 0 Å². The van der Waals surface area contributed by atoms with Gasteiger partial charge in [-0.15, -0.1) is 0 Å². The molecule has 0 saturated heterocycles. The monoisotopic (exact) mass is 186 g/mol. The summed E-state index contributed by atoms with van der Waals surface area (Å²) in [5.41, 5.74) is 1.15. The molecule has 3 rings (SSSR count). The molecule has 3 aromatic rings. The Morgan fingerprint density at radius 3 is 3.00 bits per heavy atom. The van der Waals surface area contributed by atoms with Crippen LogP contribution in [0, 0.1) is 6.85 Å². The maximum absolute atomic E-state index is 7.31. The minimum absolute atomic E-state index is 0.0593. The summed E-state index contributed by atoms with van der Waals surface area (Å²) in [7, 11) is 0. The minimum Gasteiger partial charge on any atom is -0.438 e. The van der Waals surface area contributed by atoms with E-state index in [1.165, 1.54) is 6.07 Å². The first-order valence-corrected chi connectivity index (χ1v) is 4.34. The first kappa shape index (κ1) is 5.15. The third-order valence-corrected chi connectivity index (χ3v) is 2.24. The second-order valence-corrected chi connectivity index (χ2v) is 3.15. The molecular weight excluding hydrogens is 174 g/mol. The fraction of sp³-hybridized carbons (Fsp3) is 0.0833. The lowest BCUT2D eigenvalue weighted by Crippen LogP contribution is -1.77. The lowest BCUT2D eigenvalue weighted by molar-refractivity contribution is 0.652. The number of para-hydroxylation sites is 1. The van der Waals surface area contributed by atoms with Gasteiger partial charge in [0, 0.05) is 20.6 Å². The second kappa shape index (κ2) is 2.58. The Labute approximate surface area is 85.4 Å². The van der Waals surface area contributed by atoms with Crippen LogP contribution in [0.1, 0.15) is 9.81 Å². The van der Waals surface area contributed by atoms with Crippen molar-refractivity contribution in [2.75, 3.05) is 0 Å². The van der Waals surface area contributed by atoms with Gasteiger partial charge in [0.05, 0.1) is 0 Å². The molecule has 68 valence electrons. The smallest absolute Gasteiger partial charge is 0.227 e. The Hall–Kier alpha value is -1.83. The van der Waals surface area contributed by atoms with Gasteiger partial charge < -0.3 is 4.42 Å². The molecule has 0 saturated carbocycles. The van der Waals surface area contributed by atoms with Crippen LogP contribution in [0.5, 0.6) is 0 Å². The average molecular weight is 186 g/mol. The maximum Gasteiger partial charge on any atom is 0.227 e. The van der Waals surface area contributed by atoms with Crippen molar-refractivity contribution >= 4 is 22.1 Å². The van der Waals surface area contributed by atoms with E-state index in [2.05, 4.69) is 4.98 Å². The normalized spacial score (nSPS) is 15.3. The molecular formula is C12H9NO. The van der Waals surface area contributed by atoms with Crippen LogP contribution in [0.4, 0.5) is 0 Å². The number of fused-ring (bicyclic) bond motifs is 3. The van der Waals surface area contributed by atoms with Crippen molar-refractivity contribution < 1.29 is 8.53 Å². The minimum atomic E-state index is -2.20. The molecule has 0 unspecified atom stereocenters. The lowest BCUT2D eigenvalue weighted by Gasteiger charge is -1.89. The molecule has 1 aromatic carbocycles. The molecule has 0 atom stereocenters. The molecule has 0 spiro atoms. The predicted molar refractivity (Wildman–Crippen MR) is 56.3 cm³/mol. The van der Waals surface area contributed by atoms with Gasteiger partial charge in [0.15, 0.2) is 0 Å². The van der Waals surface area contributed by atoms with Gasteiger partial charge in [0.25, 0.3) is 0 Å². The number of furan rings is 1. The Balaban J connectivity index is 2.34. The largest absolute Gasteiger partial charge is 0.438 e. The number of hydrogen-bond acceptors (Lipinski definition) is 2. The summed E-state index contributed by atoms with van der Waals surface area (Å²) < 4.78 is 27.5. The number of nitrogens with zero attached hydrogens (tertiary/aromatic N) is 1. The average Bonchev–Trinajstić information content (AvgIpc) is 2.65. The first-order valence-electron chi connectivity index (χ1n) is 5.84. The van der Waals surface area contributed by atoms with Gasteiger partial charge in [-0.3, -0.25) is 0 Å². The summed E-state index contributed by atoms with van der Waals surface area (Å²) in [5, 5.41) is 1.79. The highest BCUT2D eigenvalue weighted by molar-refractivity contribution is 6.03. The van der Waals surface area contributed by atoms with Crippen LogP contribution >= 0.6 is 0 Å². The third kappa shape index (κ3) is 0.940. The molecule has 0 N–H and O–H groups in total. The van der Waals surface area contributed by atoms with Crippen molar-refractivity contribution in [1.82, 2.24) is 4.98 Å². The standard InChI is InChI=1S/C12H9NO/c1-8-6-7-10-9-4-2-3-5-11(9)14-12(10)13-8/h2-7H,1H3/i1D3. The number of aromatic nitrogens is 1. The number of benzene rings is 1. The number of hydrogen-bond donors (Lipinski definition) is 0. The van der Waals surface area contributed by atoms with E-state index in [0.717, 1.165) is 16.4 Å². The van der Waals surface area contributed by atoms with E-state index in [0.29, 0.717) is 5.71 Å². The third-order valence-electron chi connectivity index (χ3n) is 2.24. The van der Waals surface area contributed by atoms with Gasteiger partial charge in [0.1, 0.15) is 5.58 Å². The highest BCUT2D eigenvalue weighted by Crippen LogP contribution is 2.26. The topological polar surface area (TPSA) is 26.0 Å². The van der Waals surface area contributed by atoms with Crippen LogP contribution in [0.2, 0.25) is 0 Å². The van der Waals surface area contributed by atoms with Crippen molar-refractivity contribution in [2.24, 2.45) is 0 Å². The molecule has 0 fully saturated rings. The lowest BCUT2D eigenvalue weighted by atomic mass is 10.2. The van der Waals surface area contributed by atoms with Gasteiger partial charge in [-0.1, -0.05) is 18.2 Å².